The van der Waals surface area contributed by atoms with Crippen molar-refractivity contribution >= 4 is 47.4 Å². The Morgan fingerprint density at radius 1 is 1.00 bits per heavy atom. The van der Waals surface area contributed by atoms with Crippen LogP contribution in [0.5, 0.6) is 0 Å². The van der Waals surface area contributed by atoms with E-state index in [1.807, 2.05) is 0 Å². The van der Waals surface area contributed by atoms with E-state index in [2.05, 4.69) is 17.5 Å². The minimum Gasteiger partial charge on any atom is -0.465 e. The van der Waals surface area contributed by atoms with Gasteiger partial charge in [0.25, 0.3) is 0 Å². The van der Waals surface area contributed by atoms with E-state index in [4.69, 9.17) is 14.2 Å². The van der Waals surface area contributed by atoms with E-state index < -0.39 is 34.7 Å². The van der Waals surface area contributed by atoms with Crippen LogP contribution in [0.2, 0.25) is 0 Å². The molecule has 0 aromatic carbocycles. The molecule has 0 unspecified atom stereocenters. The maximum Gasteiger partial charge on any atom is 0.370 e. The number of esters is 2. The first kappa shape index (κ1) is 28.8. The fourth-order valence-electron chi connectivity index (χ4n) is 2.96. The quantitative estimate of drug-likeness (QED) is 0.179. The van der Waals surface area contributed by atoms with E-state index in [9.17, 15) is 19.2 Å². The summed E-state index contributed by atoms with van der Waals surface area (Å²) in [5.74, 6) is -2.30. The molecule has 1 atom stereocenters. The molecule has 184 valence electrons. The van der Waals surface area contributed by atoms with Crippen molar-refractivity contribution in [2.75, 3.05) is 38.8 Å². The Balaban J connectivity index is 2.48. The fourth-order valence-corrected chi connectivity index (χ4v) is 3.77. The number of carbonyl (C=O) groups is 4. The first-order valence-electron chi connectivity index (χ1n) is 11.1. The summed E-state index contributed by atoms with van der Waals surface area (Å²) in [5.41, 5.74) is 0. The Kier molecular flexibility index (Phi) is 13.3. The molecule has 1 aliphatic rings. The lowest BCUT2D eigenvalue weighted by Crippen LogP contribution is -2.33. The molecule has 0 aliphatic carbocycles. The summed E-state index contributed by atoms with van der Waals surface area (Å²) in [6.07, 6.45) is 4.31. The van der Waals surface area contributed by atoms with Crippen molar-refractivity contribution in [1.82, 2.24) is 4.90 Å². The predicted octanol–water partition coefficient (Wildman–Crippen LogP) is 3.72. The van der Waals surface area contributed by atoms with E-state index in [1.165, 1.54) is 19.3 Å². The zero-order valence-electron chi connectivity index (χ0n) is 19.6. The maximum absolute atomic E-state index is 12.6. The molecule has 32 heavy (non-hydrogen) atoms. The van der Waals surface area contributed by atoms with Gasteiger partial charge in [0.05, 0.1) is 23.2 Å². The van der Waals surface area contributed by atoms with Crippen LogP contribution >= 0.6 is 24.4 Å². The number of piperidine rings is 1. The minimum atomic E-state index is -0.900. The van der Waals surface area contributed by atoms with Gasteiger partial charge in [-0.1, -0.05) is 20.3 Å². The number of ether oxygens (including phenoxy) is 3. The topological polar surface area (TPSA) is 99.2 Å². The molecular formula is C22H37NO7S2. The molecule has 0 aromatic heterocycles. The van der Waals surface area contributed by atoms with E-state index in [-0.39, 0.29) is 30.5 Å². The van der Waals surface area contributed by atoms with Crippen LogP contribution in [-0.4, -0.2) is 71.5 Å². The number of hydrogen-bond acceptors (Lipinski definition) is 10. The van der Waals surface area contributed by atoms with Gasteiger partial charge in [0, 0.05) is 18.7 Å². The van der Waals surface area contributed by atoms with Gasteiger partial charge < -0.3 is 19.1 Å². The third-order valence-corrected chi connectivity index (χ3v) is 6.18. The number of rotatable bonds is 13. The van der Waals surface area contributed by atoms with Crippen molar-refractivity contribution in [2.24, 2.45) is 11.8 Å². The molecular weight excluding hydrogens is 454 g/mol. The summed E-state index contributed by atoms with van der Waals surface area (Å²) in [6.45, 7) is 9.45. The van der Waals surface area contributed by atoms with Crippen LogP contribution in [0.1, 0.15) is 59.8 Å². The van der Waals surface area contributed by atoms with Crippen molar-refractivity contribution in [2.45, 2.75) is 64.5 Å². The highest BCUT2D eigenvalue weighted by molar-refractivity contribution is 8.13. The Hall–Kier alpha value is -1.26. The van der Waals surface area contributed by atoms with Crippen molar-refractivity contribution < 1.29 is 33.4 Å². The monoisotopic (exact) mass is 491 g/mol. The third kappa shape index (κ3) is 12.1. The smallest absolute Gasteiger partial charge is 0.370 e. The zero-order chi connectivity index (χ0) is 24.1. The highest BCUT2D eigenvalue weighted by atomic mass is 32.2. The van der Waals surface area contributed by atoms with E-state index in [0.29, 0.717) is 0 Å². The fraction of sp³-hybridized carbons (Fsp3) is 0.818. The summed E-state index contributed by atoms with van der Waals surface area (Å²) >= 11 is 5.02. The lowest BCUT2D eigenvalue weighted by molar-refractivity contribution is -0.155. The Labute approximate surface area is 200 Å². The van der Waals surface area contributed by atoms with Crippen LogP contribution < -0.4 is 0 Å². The van der Waals surface area contributed by atoms with Gasteiger partial charge >= 0.3 is 17.2 Å². The molecule has 1 heterocycles. The maximum atomic E-state index is 12.6. The second kappa shape index (κ2) is 14.8. The largest absolute Gasteiger partial charge is 0.465 e. The normalized spacial score (nSPS) is 15.8. The summed E-state index contributed by atoms with van der Waals surface area (Å²) in [5, 5.41) is -0.693. The van der Waals surface area contributed by atoms with Crippen LogP contribution in [0.15, 0.2) is 0 Å². The zero-order valence-corrected chi connectivity index (χ0v) is 21.3. The van der Waals surface area contributed by atoms with Crippen molar-refractivity contribution in [3.05, 3.63) is 0 Å². The standard InChI is InChI=1S/C22H37NO7S2/c1-16(2)19(25)29-15-30-21(27)32-14-17(13-18(24)22(3,4)31)20(26)28-12-8-11-23-9-6-5-7-10-23/h16-17,31H,5-15H2,1-4H3/t17-/m0/s1. The second-order valence-corrected chi connectivity index (χ2v) is 10.8. The summed E-state index contributed by atoms with van der Waals surface area (Å²) in [4.78, 5) is 50.7. The van der Waals surface area contributed by atoms with E-state index >= 15 is 0 Å². The molecule has 0 aromatic rings. The average molecular weight is 492 g/mol. The molecule has 1 rings (SSSR count). The van der Waals surface area contributed by atoms with Gasteiger partial charge in [-0.25, -0.2) is 4.79 Å². The van der Waals surface area contributed by atoms with Gasteiger partial charge in [-0.2, -0.15) is 12.6 Å². The molecule has 1 saturated heterocycles. The molecule has 1 aliphatic heterocycles. The van der Waals surface area contributed by atoms with Crippen molar-refractivity contribution in [3.8, 4) is 0 Å². The first-order valence-corrected chi connectivity index (χ1v) is 12.5. The number of thiol groups is 1. The Morgan fingerprint density at radius 2 is 1.66 bits per heavy atom. The predicted molar refractivity (Wildman–Crippen MR) is 127 cm³/mol. The van der Waals surface area contributed by atoms with Gasteiger partial charge in [0.2, 0.25) is 6.79 Å². The van der Waals surface area contributed by atoms with Gasteiger partial charge in [-0.15, -0.1) is 0 Å². The molecule has 0 bridgehead atoms. The van der Waals surface area contributed by atoms with Crippen LogP contribution in [-0.2, 0) is 28.6 Å². The van der Waals surface area contributed by atoms with Gasteiger partial charge in [0.1, 0.15) is 5.78 Å². The molecule has 0 spiro atoms. The number of Topliss-reactive ketones (excluding diaryl/α,β-unsaturated/α-hetero) is 1. The van der Waals surface area contributed by atoms with E-state index in [0.717, 1.165) is 37.8 Å². The van der Waals surface area contributed by atoms with Gasteiger partial charge in [-0.05, 0) is 58.0 Å². The number of carbonyl (C=O) groups excluding carboxylic acids is 4. The minimum absolute atomic E-state index is 0.0253. The molecule has 1 fully saturated rings. The Morgan fingerprint density at radius 3 is 2.25 bits per heavy atom. The Bertz CT molecular complexity index is 628. The van der Waals surface area contributed by atoms with Crippen LogP contribution in [0, 0.1) is 11.8 Å². The van der Waals surface area contributed by atoms with Gasteiger partial charge in [0.15, 0.2) is 0 Å². The summed E-state index contributed by atoms with van der Waals surface area (Å²) < 4.78 is 14.2. The number of likely N-dealkylation sites (tertiary alicyclic amines) is 1. The molecule has 0 amide bonds. The number of hydrogen-bond donors (Lipinski definition) is 1. The molecule has 8 nitrogen and oxygen atoms in total. The highest BCUT2D eigenvalue weighted by Crippen LogP contribution is 2.23. The summed E-state index contributed by atoms with van der Waals surface area (Å²) in [6, 6.07) is 0. The average Bonchev–Trinajstić information content (AvgIpc) is 2.73. The molecule has 0 radical (unpaired) electrons. The highest BCUT2D eigenvalue weighted by Gasteiger charge is 2.31. The number of ketones is 1. The summed E-state index contributed by atoms with van der Waals surface area (Å²) in [7, 11) is 0. The number of thioether (sulfide) groups is 1. The third-order valence-electron chi connectivity index (χ3n) is 5.01. The van der Waals surface area contributed by atoms with Crippen LogP contribution in [0.3, 0.4) is 0 Å². The second-order valence-electron chi connectivity index (χ2n) is 8.75. The lowest BCUT2D eigenvalue weighted by atomic mass is 9.97. The van der Waals surface area contributed by atoms with Crippen molar-refractivity contribution in [3.63, 3.8) is 0 Å². The lowest BCUT2D eigenvalue weighted by Gasteiger charge is -2.26. The van der Waals surface area contributed by atoms with Crippen LogP contribution in [0.25, 0.3) is 0 Å². The van der Waals surface area contributed by atoms with Crippen molar-refractivity contribution in [1.29, 1.82) is 0 Å². The number of nitrogens with zero attached hydrogens (tertiary/aromatic N) is 1. The molecule has 0 saturated carbocycles. The van der Waals surface area contributed by atoms with E-state index in [1.54, 1.807) is 27.7 Å². The first-order chi connectivity index (χ1) is 15.0. The molecule has 0 N–H and O–H groups in total. The van der Waals surface area contributed by atoms with Crippen LogP contribution in [0.4, 0.5) is 4.79 Å². The SMILES string of the molecule is CC(C)C(=O)OCOC(=O)SC[C@H](CC(=O)C(C)(C)S)C(=O)OCCCN1CCCCC1. The van der Waals surface area contributed by atoms with Gasteiger partial charge in [-0.3, -0.25) is 14.4 Å². The molecule has 10 heteroatoms.